The van der Waals surface area contributed by atoms with Gasteiger partial charge in [0, 0.05) is 24.2 Å². The van der Waals surface area contributed by atoms with Gasteiger partial charge in [-0.2, -0.15) is 0 Å². The quantitative estimate of drug-likeness (QED) is 0.913. The molecule has 3 aliphatic rings. The van der Waals surface area contributed by atoms with Crippen molar-refractivity contribution in [1.82, 2.24) is 10.2 Å². The van der Waals surface area contributed by atoms with Crippen molar-refractivity contribution in [2.45, 2.75) is 38.8 Å². The Balaban J connectivity index is 1.71. The molecule has 3 heteroatoms. The van der Waals surface area contributed by atoms with Crippen molar-refractivity contribution in [1.29, 1.82) is 0 Å². The Morgan fingerprint density at radius 1 is 1.30 bits per heavy atom. The fourth-order valence-electron chi connectivity index (χ4n) is 3.74. The first kappa shape index (κ1) is 13.9. The highest BCUT2D eigenvalue weighted by molar-refractivity contribution is 5.39. The van der Waals surface area contributed by atoms with Crippen LogP contribution >= 0.6 is 0 Å². The average molecular weight is 274 g/mol. The second-order valence-corrected chi connectivity index (χ2v) is 6.38. The van der Waals surface area contributed by atoms with Crippen molar-refractivity contribution >= 4 is 0 Å². The van der Waals surface area contributed by atoms with E-state index in [2.05, 4.69) is 42.3 Å². The maximum absolute atomic E-state index is 5.55. The number of hydrogen-bond donors (Lipinski definition) is 1. The molecule has 1 N–H and O–H groups in total. The second kappa shape index (κ2) is 5.74. The molecule has 110 valence electrons. The lowest BCUT2D eigenvalue weighted by Crippen LogP contribution is -2.56. The van der Waals surface area contributed by atoms with Gasteiger partial charge in [0.15, 0.2) is 0 Å². The number of aryl methyl sites for hydroxylation is 1. The monoisotopic (exact) mass is 274 g/mol. The minimum Gasteiger partial charge on any atom is -0.496 e. The first-order chi connectivity index (χ1) is 9.67. The molecule has 1 aromatic rings. The topological polar surface area (TPSA) is 24.5 Å². The Bertz CT molecular complexity index is 466. The lowest BCUT2D eigenvalue weighted by atomic mass is 9.83. The van der Waals surface area contributed by atoms with Gasteiger partial charge < -0.3 is 15.0 Å². The lowest BCUT2D eigenvalue weighted by Gasteiger charge is -2.46. The van der Waals surface area contributed by atoms with Crippen molar-refractivity contribution in [3.05, 3.63) is 29.3 Å². The second-order valence-electron chi connectivity index (χ2n) is 6.38. The molecule has 3 aliphatic heterocycles. The van der Waals surface area contributed by atoms with Crippen molar-refractivity contribution in [2.75, 3.05) is 26.7 Å². The number of fused-ring (bicyclic) bond motifs is 3. The van der Waals surface area contributed by atoms with Crippen molar-refractivity contribution in [2.24, 2.45) is 5.92 Å². The summed E-state index contributed by atoms with van der Waals surface area (Å²) in [7, 11) is 1.76. The Morgan fingerprint density at radius 2 is 2.05 bits per heavy atom. The van der Waals surface area contributed by atoms with Gasteiger partial charge in [0.2, 0.25) is 0 Å². The number of rotatable bonds is 4. The Morgan fingerprint density at radius 3 is 2.65 bits per heavy atom. The van der Waals surface area contributed by atoms with E-state index in [1.807, 2.05) is 0 Å². The minimum absolute atomic E-state index is 0.344. The molecule has 20 heavy (non-hydrogen) atoms. The molecule has 2 bridgehead atoms. The number of hydrogen-bond acceptors (Lipinski definition) is 3. The summed E-state index contributed by atoms with van der Waals surface area (Å²) < 4.78 is 5.55. The Labute approximate surface area is 122 Å². The van der Waals surface area contributed by atoms with Crippen LogP contribution in [0.15, 0.2) is 18.2 Å². The summed E-state index contributed by atoms with van der Waals surface area (Å²) in [6.45, 7) is 8.17. The summed E-state index contributed by atoms with van der Waals surface area (Å²) in [5.74, 6) is 1.87. The SMILES string of the molecule is COc1cc(C)ccc1C(C)NC1CN2CCC1CC2. The van der Waals surface area contributed by atoms with Gasteiger partial charge in [0.05, 0.1) is 7.11 Å². The third kappa shape index (κ3) is 2.70. The van der Waals surface area contributed by atoms with E-state index in [9.17, 15) is 0 Å². The zero-order chi connectivity index (χ0) is 14.1. The number of ether oxygens (including phenoxy) is 1. The molecule has 3 fully saturated rings. The molecule has 1 aromatic carbocycles. The molecule has 0 amide bonds. The molecule has 3 saturated heterocycles. The van der Waals surface area contributed by atoms with Gasteiger partial charge >= 0.3 is 0 Å². The first-order valence-electron chi connectivity index (χ1n) is 7.80. The molecular weight excluding hydrogens is 248 g/mol. The fraction of sp³-hybridized carbons (Fsp3) is 0.647. The zero-order valence-corrected chi connectivity index (χ0v) is 12.9. The molecule has 3 nitrogen and oxygen atoms in total. The molecular formula is C17H26N2O. The van der Waals surface area contributed by atoms with E-state index in [0.717, 1.165) is 11.7 Å². The van der Waals surface area contributed by atoms with Gasteiger partial charge in [-0.25, -0.2) is 0 Å². The van der Waals surface area contributed by atoms with Crippen molar-refractivity contribution in [3.8, 4) is 5.75 Å². The fourth-order valence-corrected chi connectivity index (χ4v) is 3.74. The van der Waals surface area contributed by atoms with Crippen molar-refractivity contribution < 1.29 is 4.74 Å². The van der Waals surface area contributed by atoms with Gasteiger partial charge in [0.1, 0.15) is 5.75 Å². The van der Waals surface area contributed by atoms with Gasteiger partial charge in [0.25, 0.3) is 0 Å². The van der Waals surface area contributed by atoms with E-state index in [0.29, 0.717) is 12.1 Å². The predicted molar refractivity (Wildman–Crippen MR) is 82.2 cm³/mol. The zero-order valence-electron chi connectivity index (χ0n) is 12.9. The van der Waals surface area contributed by atoms with Crippen LogP contribution in [0.25, 0.3) is 0 Å². The summed E-state index contributed by atoms with van der Waals surface area (Å²) in [5.41, 5.74) is 2.52. The van der Waals surface area contributed by atoms with Gasteiger partial charge in [-0.1, -0.05) is 12.1 Å². The van der Waals surface area contributed by atoms with Crippen LogP contribution in [0.3, 0.4) is 0 Å². The van der Waals surface area contributed by atoms with E-state index in [4.69, 9.17) is 4.74 Å². The molecule has 2 unspecified atom stereocenters. The Kier molecular flexibility index (Phi) is 3.99. The van der Waals surface area contributed by atoms with E-state index in [-0.39, 0.29) is 0 Å². The van der Waals surface area contributed by atoms with Crippen LogP contribution in [-0.4, -0.2) is 37.7 Å². The maximum Gasteiger partial charge on any atom is 0.123 e. The van der Waals surface area contributed by atoms with Crippen LogP contribution in [0, 0.1) is 12.8 Å². The third-order valence-corrected chi connectivity index (χ3v) is 4.98. The molecule has 3 heterocycles. The van der Waals surface area contributed by atoms with E-state index >= 15 is 0 Å². The number of benzene rings is 1. The standard InChI is InChI=1S/C17H26N2O/c1-12-4-5-15(17(10-12)20-3)13(2)18-16-11-19-8-6-14(16)7-9-19/h4-5,10,13-14,16,18H,6-9,11H2,1-3H3. The number of nitrogens with zero attached hydrogens (tertiary/aromatic N) is 1. The van der Waals surface area contributed by atoms with Crippen LogP contribution in [0.5, 0.6) is 5.75 Å². The molecule has 0 spiro atoms. The highest BCUT2D eigenvalue weighted by Gasteiger charge is 2.34. The van der Waals surface area contributed by atoms with Crippen LogP contribution in [0.2, 0.25) is 0 Å². The maximum atomic E-state index is 5.55. The van der Waals surface area contributed by atoms with E-state index in [1.54, 1.807) is 7.11 Å². The highest BCUT2D eigenvalue weighted by Crippen LogP contribution is 2.31. The van der Waals surface area contributed by atoms with Gasteiger partial charge in [-0.05, 0) is 57.3 Å². The minimum atomic E-state index is 0.344. The van der Waals surface area contributed by atoms with Crippen LogP contribution < -0.4 is 10.1 Å². The molecule has 0 aromatic heterocycles. The summed E-state index contributed by atoms with van der Waals surface area (Å²) in [6.07, 6.45) is 2.71. The molecule has 2 atom stereocenters. The first-order valence-corrected chi connectivity index (χ1v) is 7.80. The van der Waals surface area contributed by atoms with Crippen molar-refractivity contribution in [3.63, 3.8) is 0 Å². The highest BCUT2D eigenvalue weighted by atomic mass is 16.5. The lowest BCUT2D eigenvalue weighted by molar-refractivity contribution is 0.0678. The summed E-state index contributed by atoms with van der Waals surface area (Å²) in [5, 5.41) is 3.84. The largest absolute Gasteiger partial charge is 0.496 e. The van der Waals surface area contributed by atoms with Crippen LogP contribution in [-0.2, 0) is 0 Å². The summed E-state index contributed by atoms with van der Waals surface area (Å²) in [4.78, 5) is 2.59. The van der Waals surface area contributed by atoms with Crippen LogP contribution in [0.4, 0.5) is 0 Å². The van der Waals surface area contributed by atoms with E-state index < -0.39 is 0 Å². The Hall–Kier alpha value is -1.06. The number of methoxy groups -OCH3 is 1. The number of nitrogens with one attached hydrogen (secondary N) is 1. The molecule has 0 radical (unpaired) electrons. The molecule has 4 rings (SSSR count). The number of piperidine rings is 3. The third-order valence-electron chi connectivity index (χ3n) is 4.98. The average Bonchev–Trinajstić information content (AvgIpc) is 2.48. The molecule has 0 saturated carbocycles. The van der Waals surface area contributed by atoms with Crippen LogP contribution in [0.1, 0.15) is 36.9 Å². The summed E-state index contributed by atoms with van der Waals surface area (Å²) in [6, 6.07) is 7.48. The molecule has 0 aliphatic carbocycles. The summed E-state index contributed by atoms with van der Waals surface area (Å²) >= 11 is 0. The van der Waals surface area contributed by atoms with Gasteiger partial charge in [-0.15, -0.1) is 0 Å². The smallest absolute Gasteiger partial charge is 0.123 e. The predicted octanol–water partition coefficient (Wildman–Crippen LogP) is 2.75. The van der Waals surface area contributed by atoms with E-state index in [1.165, 1.54) is 43.6 Å². The van der Waals surface area contributed by atoms with Gasteiger partial charge in [-0.3, -0.25) is 0 Å². The normalized spacial score (nSPS) is 30.2.